The van der Waals surface area contributed by atoms with E-state index in [1.165, 1.54) is 0 Å². The quantitative estimate of drug-likeness (QED) is 0.862. The Hall–Kier alpha value is -1.26. The fourth-order valence-corrected chi connectivity index (χ4v) is 3.40. The van der Waals surface area contributed by atoms with Gasteiger partial charge in [-0.1, -0.05) is 17.7 Å². The summed E-state index contributed by atoms with van der Waals surface area (Å²) in [5.41, 5.74) is 0. The molecule has 2 fully saturated rings. The van der Waals surface area contributed by atoms with Gasteiger partial charge in [-0.25, -0.2) is 0 Å². The van der Waals surface area contributed by atoms with Gasteiger partial charge in [0.05, 0.1) is 12.2 Å². The highest BCUT2D eigenvalue weighted by Crippen LogP contribution is 2.32. The predicted octanol–water partition coefficient (Wildman–Crippen LogP) is 2.74. The lowest BCUT2D eigenvalue weighted by Crippen LogP contribution is -2.46. The highest BCUT2D eigenvalue weighted by molar-refractivity contribution is 6.30. The number of benzene rings is 1. The second-order valence-corrected chi connectivity index (χ2v) is 6.29. The SMILES string of the molecule is C[C@H]1C[C@H]2CN(C(=O)COc3cccc(Cl)c3)CC[C@H]2O1. The van der Waals surface area contributed by atoms with Crippen molar-refractivity contribution in [3.8, 4) is 5.75 Å². The van der Waals surface area contributed by atoms with Gasteiger partial charge in [0.1, 0.15) is 5.75 Å². The molecule has 3 atom stereocenters. The second kappa shape index (κ2) is 6.24. The van der Waals surface area contributed by atoms with Gasteiger partial charge >= 0.3 is 0 Å². The van der Waals surface area contributed by atoms with Gasteiger partial charge in [0.2, 0.25) is 0 Å². The number of likely N-dealkylation sites (tertiary alicyclic amines) is 1. The smallest absolute Gasteiger partial charge is 0.260 e. The van der Waals surface area contributed by atoms with E-state index in [-0.39, 0.29) is 12.5 Å². The van der Waals surface area contributed by atoms with Gasteiger partial charge in [-0.2, -0.15) is 0 Å². The van der Waals surface area contributed by atoms with Gasteiger partial charge in [-0.3, -0.25) is 4.79 Å². The van der Waals surface area contributed by atoms with Crippen LogP contribution in [0.5, 0.6) is 5.75 Å². The molecule has 0 aliphatic carbocycles. The van der Waals surface area contributed by atoms with Crippen LogP contribution in [0.2, 0.25) is 5.02 Å². The molecule has 114 valence electrons. The first-order valence-corrected chi connectivity index (χ1v) is 7.81. The van der Waals surface area contributed by atoms with Crippen molar-refractivity contribution in [2.45, 2.75) is 32.0 Å². The van der Waals surface area contributed by atoms with Crippen LogP contribution in [0.4, 0.5) is 0 Å². The minimum atomic E-state index is 0.0352. The van der Waals surface area contributed by atoms with E-state index in [1.807, 2.05) is 11.0 Å². The number of hydrogen-bond donors (Lipinski definition) is 0. The molecule has 5 heteroatoms. The van der Waals surface area contributed by atoms with Crippen LogP contribution in [0.15, 0.2) is 24.3 Å². The molecule has 2 aliphatic heterocycles. The van der Waals surface area contributed by atoms with Crippen molar-refractivity contribution in [2.75, 3.05) is 19.7 Å². The fourth-order valence-electron chi connectivity index (χ4n) is 3.22. The first-order valence-electron chi connectivity index (χ1n) is 7.43. The van der Waals surface area contributed by atoms with Crippen molar-refractivity contribution in [3.05, 3.63) is 29.3 Å². The second-order valence-electron chi connectivity index (χ2n) is 5.86. The van der Waals surface area contributed by atoms with Crippen LogP contribution in [0.25, 0.3) is 0 Å². The number of carbonyl (C=O) groups excluding carboxylic acids is 1. The van der Waals surface area contributed by atoms with Crippen LogP contribution >= 0.6 is 11.6 Å². The Morgan fingerprint density at radius 1 is 1.52 bits per heavy atom. The molecular formula is C16H20ClNO3. The van der Waals surface area contributed by atoms with E-state index in [0.717, 1.165) is 25.9 Å². The zero-order chi connectivity index (χ0) is 14.8. The minimum Gasteiger partial charge on any atom is -0.484 e. The molecule has 0 saturated carbocycles. The van der Waals surface area contributed by atoms with Crippen molar-refractivity contribution in [2.24, 2.45) is 5.92 Å². The van der Waals surface area contributed by atoms with Crippen molar-refractivity contribution < 1.29 is 14.3 Å². The molecule has 1 amide bonds. The van der Waals surface area contributed by atoms with Crippen LogP contribution in [0.1, 0.15) is 19.8 Å². The highest BCUT2D eigenvalue weighted by Gasteiger charge is 2.38. The van der Waals surface area contributed by atoms with E-state index in [0.29, 0.717) is 28.9 Å². The maximum atomic E-state index is 12.3. The topological polar surface area (TPSA) is 38.8 Å². The van der Waals surface area contributed by atoms with Crippen molar-refractivity contribution in [1.29, 1.82) is 0 Å². The van der Waals surface area contributed by atoms with Gasteiger partial charge in [-0.15, -0.1) is 0 Å². The molecule has 2 saturated heterocycles. The molecule has 0 radical (unpaired) electrons. The lowest BCUT2D eigenvalue weighted by molar-refractivity contribution is -0.136. The monoisotopic (exact) mass is 309 g/mol. The third kappa shape index (κ3) is 3.50. The number of piperidine rings is 1. The molecule has 21 heavy (non-hydrogen) atoms. The summed E-state index contributed by atoms with van der Waals surface area (Å²) in [6, 6.07) is 7.11. The van der Waals surface area contributed by atoms with Gasteiger partial charge in [-0.05, 0) is 38.0 Å². The van der Waals surface area contributed by atoms with Crippen LogP contribution in [-0.4, -0.2) is 42.7 Å². The number of amides is 1. The van der Waals surface area contributed by atoms with Gasteiger partial charge < -0.3 is 14.4 Å². The first-order chi connectivity index (χ1) is 10.1. The lowest BCUT2D eigenvalue weighted by atomic mass is 9.93. The van der Waals surface area contributed by atoms with Crippen LogP contribution in [0.3, 0.4) is 0 Å². The van der Waals surface area contributed by atoms with Crippen molar-refractivity contribution >= 4 is 17.5 Å². The summed E-state index contributed by atoms with van der Waals surface area (Å²) in [6.45, 7) is 3.71. The summed E-state index contributed by atoms with van der Waals surface area (Å²) in [5, 5.41) is 0.609. The molecule has 0 spiro atoms. The highest BCUT2D eigenvalue weighted by atomic mass is 35.5. The molecule has 0 aromatic heterocycles. The number of halogens is 1. The number of hydrogen-bond acceptors (Lipinski definition) is 3. The van der Waals surface area contributed by atoms with Crippen LogP contribution in [-0.2, 0) is 9.53 Å². The molecule has 4 nitrogen and oxygen atoms in total. The zero-order valence-corrected chi connectivity index (χ0v) is 12.9. The Morgan fingerprint density at radius 3 is 3.19 bits per heavy atom. The van der Waals surface area contributed by atoms with E-state index < -0.39 is 0 Å². The van der Waals surface area contributed by atoms with Crippen LogP contribution < -0.4 is 4.74 Å². The van der Waals surface area contributed by atoms with Crippen LogP contribution in [0, 0.1) is 5.92 Å². The number of nitrogens with zero attached hydrogens (tertiary/aromatic N) is 1. The minimum absolute atomic E-state index is 0.0352. The Morgan fingerprint density at radius 2 is 2.38 bits per heavy atom. The Labute approximate surface area is 130 Å². The van der Waals surface area contributed by atoms with Gasteiger partial charge in [0.15, 0.2) is 6.61 Å². The molecule has 0 unspecified atom stereocenters. The number of ether oxygens (including phenoxy) is 2. The Bertz CT molecular complexity index is 522. The maximum absolute atomic E-state index is 12.3. The van der Waals surface area contributed by atoms with E-state index >= 15 is 0 Å². The predicted molar refractivity (Wildman–Crippen MR) is 80.6 cm³/mol. The zero-order valence-electron chi connectivity index (χ0n) is 12.1. The summed E-state index contributed by atoms with van der Waals surface area (Å²) in [5.74, 6) is 1.14. The molecule has 2 heterocycles. The fraction of sp³-hybridized carbons (Fsp3) is 0.562. The molecule has 3 rings (SSSR count). The third-order valence-electron chi connectivity index (χ3n) is 4.22. The lowest BCUT2D eigenvalue weighted by Gasteiger charge is -2.34. The van der Waals surface area contributed by atoms with E-state index in [4.69, 9.17) is 21.1 Å². The normalized spacial score (nSPS) is 28.3. The Kier molecular flexibility index (Phi) is 4.36. The molecule has 0 bridgehead atoms. The van der Waals surface area contributed by atoms with Crippen molar-refractivity contribution in [1.82, 2.24) is 4.90 Å². The summed E-state index contributed by atoms with van der Waals surface area (Å²) >= 11 is 5.89. The third-order valence-corrected chi connectivity index (χ3v) is 4.45. The standard InChI is InChI=1S/C16H20ClNO3/c1-11-7-12-9-18(6-5-15(12)21-11)16(19)10-20-14-4-2-3-13(17)8-14/h2-4,8,11-12,15H,5-7,9-10H2,1H3/t11-,12-,15+/m0/s1. The van der Waals surface area contributed by atoms with Crippen molar-refractivity contribution in [3.63, 3.8) is 0 Å². The molecule has 1 aromatic rings. The summed E-state index contributed by atoms with van der Waals surface area (Å²) in [6.07, 6.45) is 2.62. The van der Waals surface area contributed by atoms with E-state index in [1.54, 1.807) is 18.2 Å². The average molecular weight is 310 g/mol. The van der Waals surface area contributed by atoms with E-state index in [9.17, 15) is 4.79 Å². The number of fused-ring (bicyclic) bond motifs is 1. The number of rotatable bonds is 3. The molecule has 1 aromatic carbocycles. The number of carbonyl (C=O) groups is 1. The summed E-state index contributed by atoms with van der Waals surface area (Å²) < 4.78 is 11.4. The first kappa shape index (κ1) is 14.7. The largest absolute Gasteiger partial charge is 0.484 e. The summed E-state index contributed by atoms with van der Waals surface area (Å²) in [7, 11) is 0. The summed E-state index contributed by atoms with van der Waals surface area (Å²) in [4.78, 5) is 14.1. The molecular weight excluding hydrogens is 290 g/mol. The van der Waals surface area contributed by atoms with Gasteiger partial charge in [0, 0.05) is 24.0 Å². The molecule has 2 aliphatic rings. The Balaban J connectivity index is 1.52. The van der Waals surface area contributed by atoms with E-state index in [2.05, 4.69) is 6.92 Å². The average Bonchev–Trinajstić information content (AvgIpc) is 2.84. The maximum Gasteiger partial charge on any atom is 0.260 e. The molecule has 0 N–H and O–H groups in total. The van der Waals surface area contributed by atoms with Gasteiger partial charge in [0.25, 0.3) is 5.91 Å².